The summed E-state index contributed by atoms with van der Waals surface area (Å²) < 4.78 is 0. The highest BCUT2D eigenvalue weighted by molar-refractivity contribution is 7.80. The van der Waals surface area contributed by atoms with E-state index >= 15 is 0 Å². The lowest BCUT2D eigenvalue weighted by atomic mass is 10.00. The molecule has 0 spiro atoms. The van der Waals surface area contributed by atoms with E-state index in [9.17, 15) is 0 Å². The fraction of sp³-hybridized carbons (Fsp3) is 0.625. The predicted molar refractivity (Wildman–Crippen MR) is 82.5 cm³/mol. The van der Waals surface area contributed by atoms with Gasteiger partial charge in [0.05, 0.1) is 0 Å². The molecule has 1 atom stereocenters. The summed E-state index contributed by atoms with van der Waals surface area (Å²) in [5.74, 6) is 2.44. The van der Waals surface area contributed by atoms with Crippen molar-refractivity contribution >= 4 is 12.6 Å². The van der Waals surface area contributed by atoms with Crippen molar-refractivity contribution in [3.63, 3.8) is 0 Å². The SMILES string of the molecule is CC(C)N(CC1CC1)CC(CS)c1ccccc1. The molecule has 18 heavy (non-hydrogen) atoms. The lowest BCUT2D eigenvalue weighted by Gasteiger charge is -2.30. The van der Waals surface area contributed by atoms with Crippen molar-refractivity contribution in [2.24, 2.45) is 5.92 Å². The molecule has 0 radical (unpaired) electrons. The topological polar surface area (TPSA) is 3.24 Å². The molecule has 1 saturated carbocycles. The zero-order valence-electron chi connectivity index (χ0n) is 11.5. The number of benzene rings is 1. The summed E-state index contributed by atoms with van der Waals surface area (Å²) in [4.78, 5) is 2.63. The summed E-state index contributed by atoms with van der Waals surface area (Å²) in [6.07, 6.45) is 2.86. The maximum atomic E-state index is 4.55. The summed E-state index contributed by atoms with van der Waals surface area (Å²) in [5, 5.41) is 0. The van der Waals surface area contributed by atoms with E-state index in [-0.39, 0.29) is 0 Å². The number of rotatable bonds is 7. The summed E-state index contributed by atoms with van der Waals surface area (Å²) in [7, 11) is 0. The highest BCUT2D eigenvalue weighted by Gasteiger charge is 2.26. The Hall–Kier alpha value is -0.470. The van der Waals surface area contributed by atoms with Crippen LogP contribution >= 0.6 is 12.6 Å². The first-order valence-corrected chi connectivity index (χ1v) is 7.73. The van der Waals surface area contributed by atoms with Gasteiger partial charge in [0.25, 0.3) is 0 Å². The zero-order chi connectivity index (χ0) is 13.0. The van der Waals surface area contributed by atoms with E-state index in [1.165, 1.54) is 24.9 Å². The third-order valence-corrected chi connectivity index (χ3v) is 4.31. The van der Waals surface area contributed by atoms with E-state index in [0.717, 1.165) is 18.2 Å². The summed E-state index contributed by atoms with van der Waals surface area (Å²) >= 11 is 4.55. The lowest BCUT2D eigenvalue weighted by Crippen LogP contribution is -2.36. The minimum absolute atomic E-state index is 0.552. The fourth-order valence-electron chi connectivity index (χ4n) is 2.41. The van der Waals surface area contributed by atoms with Crippen LogP contribution in [0.4, 0.5) is 0 Å². The molecule has 0 aromatic heterocycles. The quantitative estimate of drug-likeness (QED) is 0.732. The van der Waals surface area contributed by atoms with Gasteiger partial charge in [0, 0.05) is 25.0 Å². The number of hydrogen-bond donors (Lipinski definition) is 1. The van der Waals surface area contributed by atoms with Crippen LogP contribution in [0.5, 0.6) is 0 Å². The molecule has 0 amide bonds. The monoisotopic (exact) mass is 263 g/mol. The molecule has 0 saturated heterocycles. The van der Waals surface area contributed by atoms with Crippen molar-refractivity contribution in [3.8, 4) is 0 Å². The predicted octanol–water partition coefficient (Wildman–Crippen LogP) is 3.82. The average Bonchev–Trinajstić information content (AvgIpc) is 3.19. The van der Waals surface area contributed by atoms with Gasteiger partial charge in [0.15, 0.2) is 0 Å². The molecular formula is C16H25NS. The van der Waals surface area contributed by atoms with Crippen LogP contribution < -0.4 is 0 Å². The molecule has 1 aliphatic carbocycles. The first-order chi connectivity index (χ1) is 8.70. The molecule has 1 unspecified atom stereocenters. The Labute approximate surface area is 117 Å². The molecule has 1 nitrogen and oxygen atoms in total. The second-order valence-corrected chi connectivity index (χ2v) is 6.15. The lowest BCUT2D eigenvalue weighted by molar-refractivity contribution is 0.203. The van der Waals surface area contributed by atoms with Crippen LogP contribution in [0, 0.1) is 5.92 Å². The van der Waals surface area contributed by atoms with E-state index in [4.69, 9.17) is 0 Å². The summed E-state index contributed by atoms with van der Waals surface area (Å²) in [6.45, 7) is 7.03. The molecular weight excluding hydrogens is 238 g/mol. The van der Waals surface area contributed by atoms with Crippen LogP contribution in [-0.2, 0) is 0 Å². The van der Waals surface area contributed by atoms with Gasteiger partial charge in [-0.1, -0.05) is 30.3 Å². The first kappa shape index (κ1) is 14.0. The molecule has 0 heterocycles. The van der Waals surface area contributed by atoms with Gasteiger partial charge in [-0.25, -0.2) is 0 Å². The molecule has 1 aromatic rings. The standard InChI is InChI=1S/C16H25NS/c1-13(2)17(10-14-8-9-14)11-16(12-18)15-6-4-3-5-7-15/h3-7,13-14,16,18H,8-12H2,1-2H3. The van der Waals surface area contributed by atoms with Crippen molar-refractivity contribution < 1.29 is 0 Å². The van der Waals surface area contributed by atoms with Gasteiger partial charge in [-0.05, 0) is 43.9 Å². The minimum atomic E-state index is 0.552. The van der Waals surface area contributed by atoms with Gasteiger partial charge < -0.3 is 4.90 Å². The Balaban J connectivity index is 1.98. The Morgan fingerprint density at radius 2 is 1.89 bits per heavy atom. The highest BCUT2D eigenvalue weighted by atomic mass is 32.1. The van der Waals surface area contributed by atoms with Crippen LogP contribution in [-0.4, -0.2) is 29.8 Å². The Morgan fingerprint density at radius 3 is 2.39 bits per heavy atom. The van der Waals surface area contributed by atoms with Crippen LogP contribution in [0.2, 0.25) is 0 Å². The Kier molecular flexibility index (Phi) is 5.13. The first-order valence-electron chi connectivity index (χ1n) is 7.10. The van der Waals surface area contributed by atoms with Crippen LogP contribution in [0.15, 0.2) is 30.3 Å². The molecule has 0 bridgehead atoms. The molecule has 2 rings (SSSR count). The van der Waals surface area contributed by atoms with Crippen LogP contribution in [0.25, 0.3) is 0 Å². The van der Waals surface area contributed by atoms with Gasteiger partial charge in [-0.3, -0.25) is 0 Å². The van der Waals surface area contributed by atoms with Crippen molar-refractivity contribution in [2.45, 2.75) is 38.6 Å². The van der Waals surface area contributed by atoms with E-state index in [2.05, 4.69) is 61.7 Å². The van der Waals surface area contributed by atoms with Crippen molar-refractivity contribution in [3.05, 3.63) is 35.9 Å². The summed E-state index contributed by atoms with van der Waals surface area (Å²) in [6, 6.07) is 11.5. The minimum Gasteiger partial charge on any atom is -0.300 e. The second-order valence-electron chi connectivity index (χ2n) is 5.78. The Morgan fingerprint density at radius 1 is 1.22 bits per heavy atom. The molecule has 1 aromatic carbocycles. The second kappa shape index (κ2) is 6.63. The average molecular weight is 263 g/mol. The molecule has 0 aliphatic heterocycles. The zero-order valence-corrected chi connectivity index (χ0v) is 12.4. The van der Waals surface area contributed by atoms with Gasteiger partial charge in [0.2, 0.25) is 0 Å². The van der Waals surface area contributed by atoms with Crippen LogP contribution in [0.3, 0.4) is 0 Å². The number of hydrogen-bond acceptors (Lipinski definition) is 2. The normalized spacial score (nSPS) is 17.4. The van der Waals surface area contributed by atoms with Gasteiger partial charge in [0.1, 0.15) is 0 Å². The largest absolute Gasteiger partial charge is 0.300 e. The molecule has 0 N–H and O–H groups in total. The maximum Gasteiger partial charge on any atom is 0.00609 e. The van der Waals surface area contributed by atoms with Crippen molar-refractivity contribution in [1.29, 1.82) is 0 Å². The van der Waals surface area contributed by atoms with Crippen LogP contribution in [0.1, 0.15) is 38.2 Å². The van der Waals surface area contributed by atoms with E-state index in [1.807, 2.05) is 0 Å². The molecule has 1 fully saturated rings. The highest BCUT2D eigenvalue weighted by Crippen LogP contribution is 2.31. The molecule has 2 heteroatoms. The molecule has 1 aliphatic rings. The van der Waals surface area contributed by atoms with Crippen molar-refractivity contribution in [2.75, 3.05) is 18.8 Å². The van der Waals surface area contributed by atoms with Gasteiger partial charge >= 0.3 is 0 Å². The third-order valence-electron chi connectivity index (χ3n) is 3.87. The summed E-state index contributed by atoms with van der Waals surface area (Å²) in [5.41, 5.74) is 1.42. The maximum absolute atomic E-state index is 4.55. The molecule has 100 valence electrons. The number of nitrogens with zero attached hydrogens (tertiary/aromatic N) is 1. The number of thiol groups is 1. The van der Waals surface area contributed by atoms with E-state index < -0.39 is 0 Å². The third kappa shape index (κ3) is 4.03. The van der Waals surface area contributed by atoms with Gasteiger partial charge in [-0.2, -0.15) is 12.6 Å². The van der Waals surface area contributed by atoms with E-state index in [1.54, 1.807) is 0 Å². The van der Waals surface area contributed by atoms with Crippen molar-refractivity contribution in [1.82, 2.24) is 4.90 Å². The van der Waals surface area contributed by atoms with E-state index in [0.29, 0.717) is 12.0 Å². The van der Waals surface area contributed by atoms with Gasteiger partial charge in [-0.15, -0.1) is 0 Å². The Bertz CT molecular complexity index is 345. The smallest absolute Gasteiger partial charge is 0.00609 e. The fourth-order valence-corrected chi connectivity index (χ4v) is 2.73.